The second kappa shape index (κ2) is 7.42. The second-order valence-corrected chi connectivity index (χ2v) is 7.02. The molecule has 0 nitrogen and oxygen atoms in total. The maximum absolute atomic E-state index is 13.2. The van der Waals surface area contributed by atoms with Crippen molar-refractivity contribution in [2.75, 3.05) is 6.67 Å². The minimum absolute atomic E-state index is 0.205. The lowest BCUT2D eigenvalue weighted by atomic mass is 9.76. The molecule has 2 aliphatic carbocycles. The lowest BCUT2D eigenvalue weighted by molar-refractivity contribution is 0.426. The maximum atomic E-state index is 13.2. The molecule has 2 saturated carbocycles. The Bertz CT molecular complexity index is 403. The van der Waals surface area contributed by atoms with Gasteiger partial charge >= 0.3 is 0 Å². The van der Waals surface area contributed by atoms with E-state index in [0.717, 1.165) is 0 Å². The van der Waals surface area contributed by atoms with E-state index in [1.165, 1.54) is 80.9 Å². The molecule has 1 heteroatoms. The third-order valence-corrected chi connectivity index (χ3v) is 5.68. The summed E-state index contributed by atoms with van der Waals surface area (Å²) in [5.74, 6) is 1.40. The van der Waals surface area contributed by atoms with Gasteiger partial charge in [-0.25, -0.2) is 0 Å². The molecule has 0 N–H and O–H groups in total. The summed E-state index contributed by atoms with van der Waals surface area (Å²) in [6.07, 6.45) is 14.1. The van der Waals surface area contributed by atoms with Crippen LogP contribution in [0.15, 0.2) is 18.2 Å². The highest BCUT2D eigenvalue weighted by atomic mass is 19.1. The van der Waals surface area contributed by atoms with Gasteiger partial charge in [0.2, 0.25) is 0 Å². The van der Waals surface area contributed by atoms with E-state index >= 15 is 0 Å². The first kappa shape index (κ1) is 15.1. The first-order valence-electron chi connectivity index (χ1n) is 9.08. The van der Waals surface area contributed by atoms with Crippen LogP contribution in [0.25, 0.3) is 0 Å². The third-order valence-electron chi connectivity index (χ3n) is 5.68. The molecule has 3 rings (SSSR count). The van der Waals surface area contributed by atoms with Crippen molar-refractivity contribution in [1.82, 2.24) is 0 Å². The fourth-order valence-electron chi connectivity index (χ4n) is 4.60. The highest BCUT2D eigenvalue weighted by Crippen LogP contribution is 2.40. The molecule has 0 heterocycles. The molecule has 0 aliphatic heterocycles. The largest absolute Gasteiger partial charge is 0.251 e. The summed E-state index contributed by atoms with van der Waals surface area (Å²) in [6.45, 7) is -0.205. The van der Waals surface area contributed by atoms with Crippen LogP contribution in [0.4, 0.5) is 4.39 Å². The van der Waals surface area contributed by atoms with Crippen molar-refractivity contribution >= 4 is 0 Å². The van der Waals surface area contributed by atoms with Gasteiger partial charge in [-0.3, -0.25) is 4.39 Å². The van der Waals surface area contributed by atoms with E-state index < -0.39 is 0 Å². The van der Waals surface area contributed by atoms with Gasteiger partial charge in [0.05, 0.1) is 6.67 Å². The zero-order valence-corrected chi connectivity index (χ0v) is 13.2. The number of hydrogen-bond donors (Lipinski definition) is 0. The van der Waals surface area contributed by atoms with E-state index in [0.29, 0.717) is 18.3 Å². The van der Waals surface area contributed by atoms with E-state index in [9.17, 15) is 4.39 Å². The van der Waals surface area contributed by atoms with Crippen LogP contribution in [0.1, 0.15) is 92.7 Å². The molecule has 0 aromatic heterocycles. The Hall–Kier alpha value is -0.850. The quantitative estimate of drug-likeness (QED) is 0.610. The van der Waals surface area contributed by atoms with E-state index in [1.54, 1.807) is 0 Å². The zero-order valence-electron chi connectivity index (χ0n) is 13.2. The average molecular weight is 288 g/mol. The number of halogens is 1. The Kier molecular flexibility index (Phi) is 5.32. The van der Waals surface area contributed by atoms with Crippen molar-refractivity contribution in [2.24, 2.45) is 0 Å². The van der Waals surface area contributed by atoms with Crippen LogP contribution in [0.2, 0.25) is 0 Å². The van der Waals surface area contributed by atoms with Crippen molar-refractivity contribution in [2.45, 2.75) is 82.5 Å². The lowest BCUT2D eigenvalue weighted by Crippen LogP contribution is -2.13. The molecule has 0 atom stereocenters. The standard InChI is InChI=1S/C20H29F/c21-15-14-20-18(16-8-3-1-4-9-16)12-7-13-19(20)17-10-5-2-6-11-17/h7,12-13,16-17H,1-6,8-11,14-15H2. The van der Waals surface area contributed by atoms with Crippen LogP contribution in [0.3, 0.4) is 0 Å². The first-order chi connectivity index (χ1) is 10.4. The molecule has 2 fully saturated rings. The highest BCUT2D eigenvalue weighted by Gasteiger charge is 2.23. The summed E-state index contributed by atoms with van der Waals surface area (Å²) in [5.41, 5.74) is 4.38. The molecule has 1 aromatic carbocycles. The summed E-state index contributed by atoms with van der Waals surface area (Å²) in [4.78, 5) is 0. The summed E-state index contributed by atoms with van der Waals surface area (Å²) in [6, 6.07) is 6.84. The summed E-state index contributed by atoms with van der Waals surface area (Å²) >= 11 is 0. The van der Waals surface area contributed by atoms with Crippen LogP contribution in [0.5, 0.6) is 0 Å². The molecule has 0 radical (unpaired) electrons. The number of hydrogen-bond acceptors (Lipinski definition) is 0. The molecule has 0 bridgehead atoms. The summed E-state index contributed by atoms with van der Waals surface area (Å²) < 4.78 is 13.2. The molecule has 0 amide bonds. The van der Waals surface area contributed by atoms with Crippen molar-refractivity contribution in [3.63, 3.8) is 0 Å². The fourth-order valence-corrected chi connectivity index (χ4v) is 4.60. The molecular formula is C20H29F. The minimum Gasteiger partial charge on any atom is -0.251 e. The fraction of sp³-hybridized carbons (Fsp3) is 0.700. The minimum atomic E-state index is -0.205. The van der Waals surface area contributed by atoms with Crippen LogP contribution >= 0.6 is 0 Å². The van der Waals surface area contributed by atoms with Crippen molar-refractivity contribution < 1.29 is 4.39 Å². The normalized spacial score (nSPS) is 21.6. The van der Waals surface area contributed by atoms with Gasteiger partial charge in [0, 0.05) is 6.42 Å². The topological polar surface area (TPSA) is 0 Å². The smallest absolute Gasteiger partial charge is 0.0934 e. The van der Waals surface area contributed by atoms with Gasteiger partial charge in [0.15, 0.2) is 0 Å². The van der Waals surface area contributed by atoms with E-state index in [1.807, 2.05) is 0 Å². The molecule has 0 unspecified atom stereocenters. The molecule has 0 spiro atoms. The summed E-state index contributed by atoms with van der Waals surface area (Å²) in [7, 11) is 0. The van der Waals surface area contributed by atoms with Gasteiger partial charge in [-0.1, -0.05) is 56.7 Å². The number of benzene rings is 1. The van der Waals surface area contributed by atoms with Gasteiger partial charge in [-0.2, -0.15) is 0 Å². The van der Waals surface area contributed by atoms with E-state index in [2.05, 4.69) is 18.2 Å². The molecular weight excluding hydrogens is 259 g/mol. The first-order valence-corrected chi connectivity index (χ1v) is 9.08. The van der Waals surface area contributed by atoms with Crippen molar-refractivity contribution in [3.05, 3.63) is 34.9 Å². The van der Waals surface area contributed by atoms with E-state index in [4.69, 9.17) is 0 Å². The Labute approximate surface area is 129 Å². The van der Waals surface area contributed by atoms with Crippen LogP contribution in [-0.4, -0.2) is 6.67 Å². The maximum Gasteiger partial charge on any atom is 0.0934 e. The van der Waals surface area contributed by atoms with Gasteiger partial charge in [0.25, 0.3) is 0 Å². The van der Waals surface area contributed by atoms with Crippen LogP contribution in [-0.2, 0) is 6.42 Å². The average Bonchev–Trinajstić information content (AvgIpc) is 2.57. The van der Waals surface area contributed by atoms with E-state index in [-0.39, 0.29) is 6.67 Å². The monoisotopic (exact) mass is 288 g/mol. The lowest BCUT2D eigenvalue weighted by Gasteiger charge is -2.29. The van der Waals surface area contributed by atoms with Crippen molar-refractivity contribution in [3.8, 4) is 0 Å². The SMILES string of the molecule is FCCc1c(C2CCCCC2)cccc1C1CCCCC1. The highest BCUT2D eigenvalue weighted by molar-refractivity contribution is 5.40. The Balaban J connectivity index is 1.91. The van der Waals surface area contributed by atoms with Gasteiger partial charge in [-0.15, -0.1) is 0 Å². The predicted octanol–water partition coefficient (Wildman–Crippen LogP) is 6.29. The van der Waals surface area contributed by atoms with Crippen molar-refractivity contribution in [1.29, 1.82) is 0 Å². The number of alkyl halides is 1. The molecule has 0 saturated heterocycles. The third kappa shape index (κ3) is 3.49. The molecule has 2 aliphatic rings. The summed E-state index contributed by atoms with van der Waals surface area (Å²) in [5, 5.41) is 0. The van der Waals surface area contributed by atoms with Crippen LogP contribution < -0.4 is 0 Å². The Morgan fingerprint density at radius 3 is 1.67 bits per heavy atom. The van der Waals surface area contributed by atoms with Gasteiger partial charge in [0.1, 0.15) is 0 Å². The van der Waals surface area contributed by atoms with Gasteiger partial charge in [-0.05, 0) is 54.2 Å². The predicted molar refractivity (Wildman–Crippen MR) is 87.8 cm³/mol. The Morgan fingerprint density at radius 1 is 0.762 bits per heavy atom. The number of rotatable bonds is 4. The Morgan fingerprint density at radius 2 is 1.24 bits per heavy atom. The van der Waals surface area contributed by atoms with Crippen LogP contribution in [0, 0.1) is 0 Å². The van der Waals surface area contributed by atoms with Gasteiger partial charge < -0.3 is 0 Å². The molecule has 116 valence electrons. The zero-order chi connectivity index (χ0) is 14.5. The molecule has 21 heavy (non-hydrogen) atoms. The second-order valence-electron chi connectivity index (χ2n) is 7.02. The molecule has 1 aromatic rings.